The average Bonchev–Trinajstić information content (AvgIpc) is 2.89. The van der Waals surface area contributed by atoms with Crippen LogP contribution in [-0.2, 0) is 25.5 Å². The number of carbonyl (C=O) groups is 3. The van der Waals surface area contributed by atoms with Crippen molar-refractivity contribution in [2.24, 2.45) is 0 Å². The summed E-state index contributed by atoms with van der Waals surface area (Å²) in [7, 11) is 0. The summed E-state index contributed by atoms with van der Waals surface area (Å²) >= 11 is 5.59. The van der Waals surface area contributed by atoms with Crippen LogP contribution in [0.3, 0.4) is 0 Å². The topological polar surface area (TPSA) is 122 Å². The summed E-state index contributed by atoms with van der Waals surface area (Å²) < 4.78 is 10.1. The Bertz CT molecular complexity index is 727. The molecule has 0 bridgehead atoms. The molecule has 2 aliphatic rings. The Balaban J connectivity index is 1.66. The third-order valence-electron chi connectivity index (χ3n) is 3.65. The van der Waals surface area contributed by atoms with E-state index in [2.05, 4.69) is 10.5 Å². The average molecular weight is 342 g/mol. The molecule has 23 heavy (non-hydrogen) atoms. The lowest BCUT2D eigenvalue weighted by Gasteiger charge is -2.49. The van der Waals surface area contributed by atoms with Gasteiger partial charge in [-0.3, -0.25) is 14.5 Å². The van der Waals surface area contributed by atoms with Gasteiger partial charge < -0.3 is 19.7 Å². The zero-order chi connectivity index (χ0) is 16.7. The molecule has 3 heterocycles. The Morgan fingerprint density at radius 1 is 1.57 bits per heavy atom. The Kier molecular flexibility index (Phi) is 3.72. The molecular weight excluding hydrogens is 330 g/mol. The Hall–Kier alpha value is -2.55. The van der Waals surface area contributed by atoms with E-state index >= 15 is 0 Å². The van der Waals surface area contributed by atoms with Gasteiger partial charge in [-0.05, 0) is 6.92 Å². The van der Waals surface area contributed by atoms with Crippen LogP contribution in [0.2, 0.25) is 5.15 Å². The molecule has 9 nitrogen and oxygen atoms in total. The van der Waals surface area contributed by atoms with Gasteiger partial charge in [-0.1, -0.05) is 16.8 Å². The number of carboxylic acid groups (broad SMARTS) is 1. The summed E-state index contributed by atoms with van der Waals surface area (Å²) in [5.41, 5.74) is -0.196. The molecule has 0 unspecified atom stereocenters. The molecule has 3 rings (SSSR count). The number of halogens is 1. The van der Waals surface area contributed by atoms with Crippen LogP contribution in [0, 0.1) is 0 Å². The number of nitrogens with zero attached hydrogens (tertiary/aromatic N) is 2. The lowest BCUT2D eigenvalue weighted by Crippen LogP contribution is -2.73. The number of rotatable bonds is 4. The number of nitrogens with one attached hydrogen (secondary N) is 1. The Morgan fingerprint density at radius 2 is 2.30 bits per heavy atom. The number of β-lactam (4-membered cyclic amide) rings is 1. The highest BCUT2D eigenvalue weighted by molar-refractivity contribution is 6.29. The normalized spacial score (nSPS) is 23.0. The van der Waals surface area contributed by atoms with Crippen molar-refractivity contribution in [2.75, 3.05) is 6.61 Å². The van der Waals surface area contributed by atoms with Crippen molar-refractivity contribution < 1.29 is 28.8 Å². The fraction of sp³-hybridized carbons (Fsp3) is 0.385. The number of allylic oxidation sites excluding steroid dienone is 1. The summed E-state index contributed by atoms with van der Waals surface area (Å²) in [4.78, 5) is 36.5. The van der Waals surface area contributed by atoms with E-state index in [1.54, 1.807) is 0 Å². The van der Waals surface area contributed by atoms with E-state index in [0.717, 1.165) is 4.90 Å². The molecule has 0 aromatic carbocycles. The molecule has 2 atom stereocenters. The number of carbonyl (C=O) groups excluding carboxylic acids is 2. The molecule has 10 heteroatoms. The molecule has 1 saturated heterocycles. The number of hydrogen-bond acceptors (Lipinski definition) is 6. The summed E-state index contributed by atoms with van der Waals surface area (Å²) in [5, 5.41) is 15.3. The van der Waals surface area contributed by atoms with Crippen LogP contribution in [0.15, 0.2) is 22.0 Å². The van der Waals surface area contributed by atoms with Gasteiger partial charge in [0.2, 0.25) is 5.91 Å². The van der Waals surface area contributed by atoms with Gasteiger partial charge in [-0.2, -0.15) is 0 Å². The number of fused-ring (bicyclic) bond motifs is 1. The molecule has 1 aromatic heterocycles. The van der Waals surface area contributed by atoms with Crippen LogP contribution < -0.4 is 5.32 Å². The second-order valence-corrected chi connectivity index (χ2v) is 5.52. The van der Waals surface area contributed by atoms with E-state index in [4.69, 9.17) is 26.0 Å². The van der Waals surface area contributed by atoms with Crippen molar-refractivity contribution in [1.29, 1.82) is 0 Å². The summed E-state index contributed by atoms with van der Waals surface area (Å²) in [6.07, 6.45) is -0.127. The van der Waals surface area contributed by atoms with E-state index < -0.39 is 29.9 Å². The Labute approximate surface area is 134 Å². The van der Waals surface area contributed by atoms with Gasteiger partial charge in [0.05, 0.1) is 6.42 Å². The highest BCUT2D eigenvalue weighted by Crippen LogP contribution is 2.32. The first-order valence-corrected chi connectivity index (χ1v) is 7.06. The van der Waals surface area contributed by atoms with E-state index in [0.29, 0.717) is 0 Å². The minimum atomic E-state index is -1.25. The number of hydrogen-bond donors (Lipinski definition) is 2. The van der Waals surface area contributed by atoms with E-state index in [1.165, 1.54) is 13.0 Å². The standard InChI is InChI=1S/C13H12ClN3O6/c1-5-11(13(20)21)17-7(4-22-5)10(12(17)19)15-9(18)3-6-2-8(14)16-23-6/h2,7,10H,3-4H2,1H3,(H,15,18)(H,20,21)/t7-,10-/m0/s1. The fourth-order valence-corrected chi connectivity index (χ4v) is 2.76. The van der Waals surface area contributed by atoms with Gasteiger partial charge in [-0.25, -0.2) is 4.79 Å². The Morgan fingerprint density at radius 3 is 2.91 bits per heavy atom. The summed E-state index contributed by atoms with van der Waals surface area (Å²) in [5.74, 6) is -1.76. The number of ether oxygens (including phenoxy) is 1. The first-order valence-electron chi connectivity index (χ1n) is 6.69. The van der Waals surface area contributed by atoms with Crippen LogP contribution in [-0.4, -0.2) is 51.6 Å². The summed E-state index contributed by atoms with van der Waals surface area (Å²) in [6.45, 7) is 1.60. The lowest BCUT2D eigenvalue weighted by molar-refractivity contribution is -0.160. The second-order valence-electron chi connectivity index (χ2n) is 5.13. The van der Waals surface area contributed by atoms with Crippen molar-refractivity contribution in [3.8, 4) is 0 Å². The molecule has 0 spiro atoms. The number of aliphatic carboxylic acids is 1. The van der Waals surface area contributed by atoms with Crippen molar-refractivity contribution >= 4 is 29.4 Å². The smallest absolute Gasteiger partial charge is 0.356 e. The van der Waals surface area contributed by atoms with E-state index in [9.17, 15) is 14.4 Å². The maximum atomic E-state index is 12.1. The zero-order valence-electron chi connectivity index (χ0n) is 11.9. The number of carboxylic acids is 1. The molecule has 0 saturated carbocycles. The zero-order valence-corrected chi connectivity index (χ0v) is 12.7. The van der Waals surface area contributed by atoms with E-state index in [-0.39, 0.29) is 35.4 Å². The predicted molar refractivity (Wildman–Crippen MR) is 74.1 cm³/mol. The molecular formula is C13H12ClN3O6. The molecule has 1 fully saturated rings. The third-order valence-corrected chi connectivity index (χ3v) is 3.83. The minimum Gasteiger partial charge on any atom is -0.494 e. The SMILES string of the molecule is CC1=C(C(=O)O)N2C(=O)[C@@H](NC(=O)Cc3cc(Cl)no3)[C@@H]2CO1. The molecule has 0 aliphatic carbocycles. The maximum absolute atomic E-state index is 12.1. The monoisotopic (exact) mass is 341 g/mol. The van der Waals surface area contributed by atoms with Crippen molar-refractivity contribution in [2.45, 2.75) is 25.4 Å². The predicted octanol–water partition coefficient (Wildman–Crippen LogP) is -0.0876. The van der Waals surface area contributed by atoms with E-state index in [1.807, 2.05) is 0 Å². The summed E-state index contributed by atoms with van der Waals surface area (Å²) in [6, 6.07) is 0.0249. The van der Waals surface area contributed by atoms with Crippen LogP contribution in [0.4, 0.5) is 0 Å². The van der Waals surface area contributed by atoms with Gasteiger partial charge in [0, 0.05) is 6.07 Å². The molecule has 122 valence electrons. The lowest BCUT2D eigenvalue weighted by atomic mass is 9.92. The third kappa shape index (κ3) is 2.63. The highest BCUT2D eigenvalue weighted by atomic mass is 35.5. The maximum Gasteiger partial charge on any atom is 0.356 e. The number of aromatic nitrogens is 1. The van der Waals surface area contributed by atoms with Crippen molar-refractivity contribution in [3.05, 3.63) is 28.4 Å². The van der Waals surface area contributed by atoms with Crippen LogP contribution in [0.5, 0.6) is 0 Å². The first-order chi connectivity index (χ1) is 10.9. The van der Waals surface area contributed by atoms with Crippen molar-refractivity contribution in [3.63, 3.8) is 0 Å². The highest BCUT2D eigenvalue weighted by Gasteiger charge is 2.54. The molecule has 2 aliphatic heterocycles. The van der Waals surface area contributed by atoms with Gasteiger partial charge in [0.15, 0.2) is 10.9 Å². The van der Waals surface area contributed by atoms with Gasteiger partial charge in [0.1, 0.15) is 30.2 Å². The molecule has 0 radical (unpaired) electrons. The van der Waals surface area contributed by atoms with Crippen LogP contribution in [0.1, 0.15) is 12.7 Å². The van der Waals surface area contributed by atoms with Crippen molar-refractivity contribution in [1.82, 2.24) is 15.4 Å². The number of amides is 2. The second kappa shape index (κ2) is 5.58. The molecule has 1 aromatic rings. The quantitative estimate of drug-likeness (QED) is 0.734. The van der Waals surface area contributed by atoms with Gasteiger partial charge in [-0.15, -0.1) is 0 Å². The largest absolute Gasteiger partial charge is 0.494 e. The molecule has 2 N–H and O–H groups in total. The van der Waals surface area contributed by atoms with Crippen LogP contribution >= 0.6 is 11.6 Å². The minimum absolute atomic E-state index is 0.118. The molecule has 2 amide bonds. The fourth-order valence-electron chi connectivity index (χ4n) is 2.61. The van der Waals surface area contributed by atoms with Gasteiger partial charge in [0.25, 0.3) is 5.91 Å². The van der Waals surface area contributed by atoms with Gasteiger partial charge >= 0.3 is 5.97 Å². The first kappa shape index (κ1) is 15.3. The van der Waals surface area contributed by atoms with Crippen LogP contribution in [0.25, 0.3) is 0 Å².